The van der Waals surface area contributed by atoms with Gasteiger partial charge in [0.05, 0.1) is 23.2 Å². The lowest BCUT2D eigenvalue weighted by molar-refractivity contribution is -0.115. The molecule has 0 unspecified atom stereocenters. The van der Waals surface area contributed by atoms with E-state index in [0.717, 1.165) is 11.3 Å². The van der Waals surface area contributed by atoms with Crippen LogP contribution in [-0.4, -0.2) is 20.7 Å². The van der Waals surface area contributed by atoms with Crippen LogP contribution in [0.25, 0.3) is 22.0 Å². The Morgan fingerprint density at radius 2 is 1.78 bits per heavy atom. The third kappa shape index (κ3) is 3.50. The number of hydrogen-bond acceptors (Lipinski definition) is 5. The van der Waals surface area contributed by atoms with Crippen molar-refractivity contribution >= 4 is 33.1 Å². The molecule has 0 fully saturated rings. The SMILES string of the molecule is Cn1nc(CC(=O)Nc2nc(-c3ccccc3)cs2)c2ccccc2c1=O. The lowest BCUT2D eigenvalue weighted by Crippen LogP contribution is -2.24. The average Bonchev–Trinajstić information content (AvgIpc) is 3.15. The maximum atomic E-state index is 12.5. The summed E-state index contributed by atoms with van der Waals surface area (Å²) in [4.78, 5) is 29.1. The van der Waals surface area contributed by atoms with Gasteiger partial charge < -0.3 is 5.32 Å². The Kier molecular flexibility index (Phi) is 4.52. The van der Waals surface area contributed by atoms with Crippen LogP contribution in [0, 0.1) is 0 Å². The Hall–Kier alpha value is -3.32. The zero-order valence-corrected chi connectivity index (χ0v) is 15.4. The van der Waals surface area contributed by atoms with Crippen LogP contribution in [0.2, 0.25) is 0 Å². The number of carbonyl (C=O) groups excluding carboxylic acids is 1. The van der Waals surface area contributed by atoms with Gasteiger partial charge in [0, 0.05) is 23.4 Å². The Bertz CT molecular complexity index is 1180. The van der Waals surface area contributed by atoms with Gasteiger partial charge in [0.25, 0.3) is 5.56 Å². The van der Waals surface area contributed by atoms with Crippen LogP contribution in [-0.2, 0) is 18.3 Å². The Morgan fingerprint density at radius 1 is 1.07 bits per heavy atom. The van der Waals surface area contributed by atoms with E-state index in [0.29, 0.717) is 21.6 Å². The maximum Gasteiger partial charge on any atom is 0.274 e. The Balaban J connectivity index is 1.56. The number of thiazole rings is 1. The largest absolute Gasteiger partial charge is 0.302 e. The summed E-state index contributed by atoms with van der Waals surface area (Å²) in [6.45, 7) is 0. The summed E-state index contributed by atoms with van der Waals surface area (Å²) in [7, 11) is 1.59. The summed E-state index contributed by atoms with van der Waals surface area (Å²) in [6.07, 6.45) is 0.0644. The molecule has 27 heavy (non-hydrogen) atoms. The molecule has 0 radical (unpaired) electrons. The number of aryl methyl sites for hydroxylation is 1. The molecule has 0 aliphatic rings. The molecule has 0 saturated carbocycles. The fraction of sp³-hybridized carbons (Fsp3) is 0.100. The van der Waals surface area contributed by atoms with Crippen molar-refractivity contribution in [1.82, 2.24) is 14.8 Å². The summed E-state index contributed by atoms with van der Waals surface area (Å²) >= 11 is 1.37. The lowest BCUT2D eigenvalue weighted by atomic mass is 10.1. The van der Waals surface area contributed by atoms with Crippen LogP contribution in [0.1, 0.15) is 5.69 Å². The van der Waals surface area contributed by atoms with Gasteiger partial charge in [-0.1, -0.05) is 48.5 Å². The minimum Gasteiger partial charge on any atom is -0.302 e. The third-order valence-corrected chi connectivity index (χ3v) is 4.94. The molecule has 0 bridgehead atoms. The van der Waals surface area contributed by atoms with Crippen molar-refractivity contribution in [2.75, 3.05) is 5.32 Å². The molecule has 0 aliphatic carbocycles. The minimum atomic E-state index is -0.222. The first-order valence-corrected chi connectivity index (χ1v) is 9.25. The number of benzene rings is 2. The number of aromatic nitrogens is 3. The zero-order valence-electron chi connectivity index (χ0n) is 14.5. The van der Waals surface area contributed by atoms with E-state index in [2.05, 4.69) is 15.4 Å². The number of nitrogens with zero attached hydrogens (tertiary/aromatic N) is 3. The molecule has 4 aromatic rings. The normalized spacial score (nSPS) is 10.9. The summed E-state index contributed by atoms with van der Waals surface area (Å²) < 4.78 is 1.27. The van der Waals surface area contributed by atoms with E-state index in [-0.39, 0.29) is 17.9 Å². The van der Waals surface area contributed by atoms with Crippen LogP contribution in [0.4, 0.5) is 5.13 Å². The summed E-state index contributed by atoms with van der Waals surface area (Å²) in [6, 6.07) is 17.0. The van der Waals surface area contributed by atoms with E-state index < -0.39 is 0 Å². The molecule has 0 spiro atoms. The highest BCUT2D eigenvalue weighted by Crippen LogP contribution is 2.24. The lowest BCUT2D eigenvalue weighted by Gasteiger charge is -2.07. The number of carbonyl (C=O) groups is 1. The molecule has 4 rings (SSSR count). The van der Waals surface area contributed by atoms with E-state index in [9.17, 15) is 9.59 Å². The quantitative estimate of drug-likeness (QED) is 0.593. The molecule has 6 nitrogen and oxygen atoms in total. The Labute approximate surface area is 159 Å². The van der Waals surface area contributed by atoms with Gasteiger partial charge in [0.15, 0.2) is 5.13 Å². The highest BCUT2D eigenvalue weighted by atomic mass is 32.1. The first-order valence-electron chi connectivity index (χ1n) is 8.37. The zero-order chi connectivity index (χ0) is 18.8. The molecule has 2 heterocycles. The number of rotatable bonds is 4. The van der Waals surface area contributed by atoms with E-state index in [4.69, 9.17) is 0 Å². The van der Waals surface area contributed by atoms with E-state index >= 15 is 0 Å². The molecular formula is C20H16N4O2S. The predicted molar refractivity (Wildman–Crippen MR) is 107 cm³/mol. The van der Waals surface area contributed by atoms with Gasteiger partial charge in [-0.2, -0.15) is 5.10 Å². The highest BCUT2D eigenvalue weighted by Gasteiger charge is 2.14. The van der Waals surface area contributed by atoms with Crippen molar-refractivity contribution < 1.29 is 4.79 Å². The highest BCUT2D eigenvalue weighted by molar-refractivity contribution is 7.14. The van der Waals surface area contributed by atoms with Gasteiger partial charge in [-0.3, -0.25) is 9.59 Å². The van der Waals surface area contributed by atoms with Crippen LogP contribution in [0.15, 0.2) is 64.8 Å². The number of fused-ring (bicyclic) bond motifs is 1. The van der Waals surface area contributed by atoms with Gasteiger partial charge in [-0.05, 0) is 6.07 Å². The summed E-state index contributed by atoms with van der Waals surface area (Å²) in [5, 5.41) is 10.8. The third-order valence-electron chi connectivity index (χ3n) is 4.18. The molecule has 7 heteroatoms. The van der Waals surface area contributed by atoms with Crippen molar-refractivity contribution in [3.8, 4) is 11.3 Å². The number of nitrogens with one attached hydrogen (secondary N) is 1. The van der Waals surface area contributed by atoms with E-state index in [1.165, 1.54) is 16.0 Å². The smallest absolute Gasteiger partial charge is 0.274 e. The van der Waals surface area contributed by atoms with Crippen molar-refractivity contribution in [1.29, 1.82) is 0 Å². The molecule has 1 amide bonds. The number of anilines is 1. The second-order valence-electron chi connectivity index (χ2n) is 6.05. The molecule has 2 aromatic carbocycles. The van der Waals surface area contributed by atoms with Gasteiger partial charge >= 0.3 is 0 Å². The fourth-order valence-electron chi connectivity index (χ4n) is 2.89. The molecule has 134 valence electrons. The second-order valence-corrected chi connectivity index (χ2v) is 6.91. The molecule has 1 N–H and O–H groups in total. The summed E-state index contributed by atoms with van der Waals surface area (Å²) in [5.74, 6) is -0.222. The van der Waals surface area contributed by atoms with Gasteiger partial charge in [0.1, 0.15) is 0 Å². The molecule has 2 aromatic heterocycles. The number of hydrogen-bond donors (Lipinski definition) is 1. The maximum absolute atomic E-state index is 12.5. The van der Waals surface area contributed by atoms with E-state index in [1.807, 2.05) is 47.8 Å². The topological polar surface area (TPSA) is 76.9 Å². The van der Waals surface area contributed by atoms with Crippen molar-refractivity contribution in [2.45, 2.75) is 6.42 Å². The van der Waals surface area contributed by atoms with Gasteiger partial charge in [0.2, 0.25) is 5.91 Å². The van der Waals surface area contributed by atoms with Gasteiger partial charge in [-0.15, -0.1) is 11.3 Å². The van der Waals surface area contributed by atoms with Crippen LogP contribution >= 0.6 is 11.3 Å². The summed E-state index contributed by atoms with van der Waals surface area (Å²) in [5.41, 5.74) is 2.20. The van der Waals surface area contributed by atoms with Crippen molar-refractivity contribution in [3.63, 3.8) is 0 Å². The fourth-order valence-corrected chi connectivity index (χ4v) is 3.63. The predicted octanol–water partition coefficient (Wildman–Crippen LogP) is 3.24. The molecule has 0 saturated heterocycles. The van der Waals surface area contributed by atoms with Crippen molar-refractivity contribution in [2.24, 2.45) is 7.05 Å². The van der Waals surface area contributed by atoms with Crippen LogP contribution in [0.5, 0.6) is 0 Å². The molecular weight excluding hydrogens is 360 g/mol. The van der Waals surface area contributed by atoms with E-state index in [1.54, 1.807) is 19.2 Å². The second kappa shape index (κ2) is 7.13. The van der Waals surface area contributed by atoms with Crippen molar-refractivity contribution in [3.05, 3.63) is 76.0 Å². The number of amides is 1. The Morgan fingerprint density at radius 3 is 2.56 bits per heavy atom. The standard InChI is InChI=1S/C20H16N4O2S/c1-24-19(26)15-10-6-5-9-14(15)16(23-24)11-18(25)22-20-21-17(12-27-20)13-7-3-2-4-8-13/h2-10,12H,11H2,1H3,(H,21,22,25). The minimum absolute atomic E-state index is 0.0644. The monoisotopic (exact) mass is 376 g/mol. The first-order chi connectivity index (χ1) is 13.1. The van der Waals surface area contributed by atoms with Gasteiger partial charge in [-0.25, -0.2) is 9.67 Å². The van der Waals surface area contributed by atoms with Crippen LogP contribution in [0.3, 0.4) is 0 Å². The molecule has 0 atom stereocenters. The van der Waals surface area contributed by atoms with Crippen LogP contribution < -0.4 is 10.9 Å². The first kappa shape index (κ1) is 17.1. The molecule has 0 aliphatic heterocycles. The average molecular weight is 376 g/mol.